The predicted molar refractivity (Wildman–Crippen MR) is 87.8 cm³/mol. The molecule has 7 nitrogen and oxygen atoms in total. The number of unbranched alkanes of at least 4 members (excludes halogenated alkanes) is 1. The molecule has 0 saturated carbocycles. The van der Waals surface area contributed by atoms with Crippen LogP contribution in [0.5, 0.6) is 0 Å². The molecule has 1 aliphatic heterocycles. The largest absolute Gasteiger partial charge is 0.392 e. The third-order valence-electron chi connectivity index (χ3n) is 4.06. The zero-order valence-corrected chi connectivity index (χ0v) is 14.4. The van der Waals surface area contributed by atoms with E-state index in [-0.39, 0.29) is 11.8 Å². The summed E-state index contributed by atoms with van der Waals surface area (Å²) in [6.45, 7) is 7.14. The van der Waals surface area contributed by atoms with Crippen molar-refractivity contribution in [2.45, 2.75) is 70.7 Å². The number of hydrogen-bond acceptors (Lipinski definition) is 5. The number of rotatable bonds is 10. The van der Waals surface area contributed by atoms with E-state index in [4.69, 9.17) is 0 Å². The zero-order chi connectivity index (χ0) is 17.4. The predicted octanol–water partition coefficient (Wildman–Crippen LogP) is -0.386. The van der Waals surface area contributed by atoms with Crippen LogP contribution in [-0.4, -0.2) is 70.9 Å². The fraction of sp³-hybridized carbons (Fsp3) is 0.875. The second-order valence-electron chi connectivity index (χ2n) is 6.46. The topological polar surface area (TPSA) is 102 Å². The highest BCUT2D eigenvalue weighted by molar-refractivity contribution is 5.96. The van der Waals surface area contributed by atoms with E-state index in [9.17, 15) is 19.8 Å². The smallest absolute Gasteiger partial charge is 0.243 e. The Hall–Kier alpha value is -1.18. The summed E-state index contributed by atoms with van der Waals surface area (Å²) in [7, 11) is 0. The second kappa shape index (κ2) is 9.85. The number of piperazine rings is 1. The van der Waals surface area contributed by atoms with Crippen molar-refractivity contribution in [3.8, 4) is 0 Å². The molecule has 7 heteroatoms. The lowest BCUT2D eigenvalue weighted by molar-refractivity contribution is -0.136. The van der Waals surface area contributed by atoms with Crippen molar-refractivity contribution in [1.82, 2.24) is 15.5 Å². The first-order chi connectivity index (χ1) is 10.8. The second-order valence-corrected chi connectivity index (χ2v) is 6.46. The number of carbonyl (C=O) groups is 2. The molecule has 1 fully saturated rings. The Morgan fingerprint density at radius 2 is 1.83 bits per heavy atom. The summed E-state index contributed by atoms with van der Waals surface area (Å²) in [5.74, 6) is -0.268. The van der Waals surface area contributed by atoms with Crippen LogP contribution >= 0.6 is 0 Å². The molecule has 0 aromatic carbocycles. The van der Waals surface area contributed by atoms with Gasteiger partial charge in [-0.15, -0.1) is 0 Å². The van der Waals surface area contributed by atoms with Crippen LogP contribution in [0.25, 0.3) is 0 Å². The molecule has 134 valence electrons. The number of carbonyl (C=O) groups excluding carboxylic acids is 2. The van der Waals surface area contributed by atoms with Crippen molar-refractivity contribution in [2.24, 2.45) is 0 Å². The first kappa shape index (κ1) is 19.9. The molecule has 0 aromatic rings. The number of amides is 2. The van der Waals surface area contributed by atoms with Gasteiger partial charge in [0.05, 0.1) is 12.2 Å². The Labute approximate surface area is 138 Å². The van der Waals surface area contributed by atoms with Crippen LogP contribution < -0.4 is 10.6 Å². The molecule has 4 unspecified atom stereocenters. The molecular formula is C16H31N3O4. The molecular weight excluding hydrogens is 298 g/mol. The minimum absolute atomic E-state index is 0.126. The van der Waals surface area contributed by atoms with Crippen LogP contribution in [-0.2, 0) is 9.59 Å². The van der Waals surface area contributed by atoms with Gasteiger partial charge in [0, 0.05) is 13.1 Å². The third-order valence-corrected chi connectivity index (χ3v) is 4.06. The molecule has 0 aromatic heterocycles. The van der Waals surface area contributed by atoms with Gasteiger partial charge in [-0.25, -0.2) is 0 Å². The summed E-state index contributed by atoms with van der Waals surface area (Å²) in [6.07, 6.45) is 2.10. The SMILES string of the molecule is CCC(O)CN(CCCCC1NC(=O)C(C)NC1=O)CC(C)O. The van der Waals surface area contributed by atoms with Crippen molar-refractivity contribution in [3.63, 3.8) is 0 Å². The summed E-state index contributed by atoms with van der Waals surface area (Å²) < 4.78 is 0. The Kier molecular flexibility index (Phi) is 8.51. The van der Waals surface area contributed by atoms with E-state index < -0.39 is 24.3 Å². The number of hydrogen-bond donors (Lipinski definition) is 4. The third kappa shape index (κ3) is 7.28. The van der Waals surface area contributed by atoms with Gasteiger partial charge in [-0.3, -0.25) is 14.5 Å². The van der Waals surface area contributed by atoms with Crippen LogP contribution in [0.3, 0.4) is 0 Å². The average molecular weight is 329 g/mol. The minimum Gasteiger partial charge on any atom is -0.392 e. The van der Waals surface area contributed by atoms with Gasteiger partial charge in [0.15, 0.2) is 0 Å². The molecule has 4 N–H and O–H groups in total. The van der Waals surface area contributed by atoms with E-state index in [1.165, 1.54) is 0 Å². The fourth-order valence-electron chi connectivity index (χ4n) is 2.69. The molecule has 1 aliphatic rings. The Morgan fingerprint density at radius 1 is 1.13 bits per heavy atom. The van der Waals surface area contributed by atoms with Crippen LogP contribution in [0.15, 0.2) is 0 Å². The standard InChI is InChI=1S/C16H31N3O4/c1-4-13(21)10-19(9-11(2)20)8-6-5-7-14-16(23)17-12(3)15(22)18-14/h11-14,20-21H,4-10H2,1-3H3,(H,17,23)(H,18,22). The lowest BCUT2D eigenvalue weighted by atomic mass is 10.0. The molecule has 0 aliphatic carbocycles. The van der Waals surface area contributed by atoms with Crippen molar-refractivity contribution in [1.29, 1.82) is 0 Å². The molecule has 1 heterocycles. The van der Waals surface area contributed by atoms with Crippen molar-refractivity contribution in [3.05, 3.63) is 0 Å². The maximum atomic E-state index is 11.8. The van der Waals surface area contributed by atoms with E-state index in [1.54, 1.807) is 13.8 Å². The van der Waals surface area contributed by atoms with Crippen molar-refractivity contribution >= 4 is 11.8 Å². The quantitative estimate of drug-likeness (QED) is 0.409. The van der Waals surface area contributed by atoms with Gasteiger partial charge in [-0.2, -0.15) is 0 Å². The van der Waals surface area contributed by atoms with Crippen molar-refractivity contribution < 1.29 is 19.8 Å². The van der Waals surface area contributed by atoms with Crippen LogP contribution in [0.1, 0.15) is 46.5 Å². The van der Waals surface area contributed by atoms with E-state index in [1.807, 2.05) is 11.8 Å². The van der Waals surface area contributed by atoms with E-state index in [0.717, 1.165) is 19.4 Å². The zero-order valence-electron chi connectivity index (χ0n) is 14.4. The maximum Gasteiger partial charge on any atom is 0.243 e. The summed E-state index contributed by atoms with van der Waals surface area (Å²) in [4.78, 5) is 25.4. The Morgan fingerprint density at radius 3 is 2.43 bits per heavy atom. The number of nitrogens with one attached hydrogen (secondary N) is 2. The lowest BCUT2D eigenvalue weighted by Gasteiger charge is -2.28. The van der Waals surface area contributed by atoms with Crippen LogP contribution in [0, 0.1) is 0 Å². The molecule has 1 rings (SSSR count). The molecule has 2 amide bonds. The molecule has 0 spiro atoms. The summed E-state index contributed by atoms with van der Waals surface area (Å²) >= 11 is 0. The first-order valence-corrected chi connectivity index (χ1v) is 8.52. The molecule has 23 heavy (non-hydrogen) atoms. The molecule has 4 atom stereocenters. The fourth-order valence-corrected chi connectivity index (χ4v) is 2.69. The summed E-state index contributed by atoms with van der Waals surface area (Å²) in [5, 5.41) is 24.7. The van der Waals surface area contributed by atoms with E-state index in [0.29, 0.717) is 25.9 Å². The summed E-state index contributed by atoms with van der Waals surface area (Å²) in [5.41, 5.74) is 0. The molecule has 1 saturated heterocycles. The highest BCUT2D eigenvalue weighted by atomic mass is 16.3. The number of aliphatic hydroxyl groups is 2. The highest BCUT2D eigenvalue weighted by Crippen LogP contribution is 2.08. The van der Waals surface area contributed by atoms with Gasteiger partial charge in [0.2, 0.25) is 11.8 Å². The summed E-state index contributed by atoms with van der Waals surface area (Å²) in [6, 6.07) is -0.916. The van der Waals surface area contributed by atoms with Crippen molar-refractivity contribution in [2.75, 3.05) is 19.6 Å². The minimum atomic E-state index is -0.462. The number of aliphatic hydroxyl groups excluding tert-OH is 2. The van der Waals surface area contributed by atoms with Gasteiger partial charge < -0.3 is 20.8 Å². The molecule has 0 radical (unpaired) electrons. The van der Waals surface area contributed by atoms with Gasteiger partial charge in [0.25, 0.3) is 0 Å². The van der Waals surface area contributed by atoms with Gasteiger partial charge in [-0.1, -0.05) is 6.92 Å². The highest BCUT2D eigenvalue weighted by Gasteiger charge is 2.30. The van der Waals surface area contributed by atoms with Crippen LogP contribution in [0.4, 0.5) is 0 Å². The monoisotopic (exact) mass is 329 g/mol. The van der Waals surface area contributed by atoms with E-state index in [2.05, 4.69) is 10.6 Å². The average Bonchev–Trinajstić information content (AvgIpc) is 2.47. The van der Waals surface area contributed by atoms with E-state index >= 15 is 0 Å². The Bertz CT molecular complexity index is 390. The number of nitrogens with zero attached hydrogens (tertiary/aromatic N) is 1. The van der Waals surface area contributed by atoms with Gasteiger partial charge in [0.1, 0.15) is 12.1 Å². The molecule has 0 bridgehead atoms. The normalized spacial score (nSPS) is 24.3. The maximum absolute atomic E-state index is 11.8. The lowest BCUT2D eigenvalue weighted by Crippen LogP contribution is -2.60. The Balaban J connectivity index is 2.32. The van der Waals surface area contributed by atoms with Gasteiger partial charge >= 0.3 is 0 Å². The first-order valence-electron chi connectivity index (χ1n) is 8.52. The van der Waals surface area contributed by atoms with Gasteiger partial charge in [-0.05, 0) is 46.1 Å². The van der Waals surface area contributed by atoms with Crippen LogP contribution in [0.2, 0.25) is 0 Å².